The summed E-state index contributed by atoms with van der Waals surface area (Å²) in [7, 11) is 1.35. The summed E-state index contributed by atoms with van der Waals surface area (Å²) in [6, 6.07) is 20.7. The van der Waals surface area contributed by atoms with Crippen LogP contribution in [0.15, 0.2) is 66.7 Å². The fraction of sp³-hybridized carbons (Fsp3) is 0.105. The number of carbonyl (C=O) groups excluding carboxylic acids is 1. The first-order chi connectivity index (χ1) is 10.7. The lowest BCUT2D eigenvalue weighted by molar-refractivity contribution is 0.0600. The van der Waals surface area contributed by atoms with Crippen LogP contribution in [-0.2, 0) is 4.74 Å². The van der Waals surface area contributed by atoms with Crippen molar-refractivity contribution in [2.24, 2.45) is 0 Å². The van der Waals surface area contributed by atoms with Crippen LogP contribution < -0.4 is 0 Å². The number of hydrogen-bond donors (Lipinski definition) is 1. The van der Waals surface area contributed by atoms with Gasteiger partial charge < -0.3 is 9.84 Å². The molecule has 0 heterocycles. The molecule has 0 bridgehead atoms. The Balaban J connectivity index is 1.91. The van der Waals surface area contributed by atoms with E-state index in [9.17, 15) is 9.90 Å². The molecule has 1 N–H and O–H groups in total. The molecule has 0 amide bonds. The number of rotatable bonds is 3. The first kappa shape index (κ1) is 14.3. The smallest absolute Gasteiger partial charge is 0.337 e. The Morgan fingerprint density at radius 3 is 2.23 bits per heavy atom. The van der Waals surface area contributed by atoms with E-state index in [2.05, 4.69) is 4.74 Å². The van der Waals surface area contributed by atoms with Gasteiger partial charge in [-0.2, -0.15) is 0 Å². The van der Waals surface area contributed by atoms with Gasteiger partial charge in [-0.25, -0.2) is 4.79 Å². The van der Waals surface area contributed by atoms with Gasteiger partial charge in [-0.05, 0) is 40.1 Å². The number of aliphatic hydroxyl groups excluding tert-OH is 1. The number of methoxy groups -OCH3 is 1. The van der Waals surface area contributed by atoms with E-state index >= 15 is 0 Å². The SMILES string of the molecule is COC(=O)c1ccc(C(O)c2ccc3ccccc3c2)cc1. The summed E-state index contributed by atoms with van der Waals surface area (Å²) in [5, 5.41) is 12.7. The molecule has 110 valence electrons. The molecule has 3 nitrogen and oxygen atoms in total. The maximum absolute atomic E-state index is 11.4. The quantitative estimate of drug-likeness (QED) is 0.749. The molecule has 3 aromatic rings. The predicted molar refractivity (Wildman–Crippen MR) is 85.8 cm³/mol. The largest absolute Gasteiger partial charge is 0.465 e. The average Bonchev–Trinajstić information content (AvgIpc) is 2.60. The molecule has 0 fully saturated rings. The predicted octanol–water partition coefficient (Wildman–Crippen LogP) is 3.71. The van der Waals surface area contributed by atoms with Gasteiger partial charge in [-0.1, -0.05) is 48.5 Å². The number of carbonyl (C=O) groups is 1. The van der Waals surface area contributed by atoms with E-state index in [0.717, 1.165) is 21.9 Å². The molecule has 0 aliphatic rings. The normalized spacial score (nSPS) is 12.1. The number of ether oxygens (including phenoxy) is 1. The number of hydrogen-bond acceptors (Lipinski definition) is 3. The fourth-order valence-corrected chi connectivity index (χ4v) is 2.49. The third kappa shape index (κ3) is 2.71. The highest BCUT2D eigenvalue weighted by Crippen LogP contribution is 2.25. The van der Waals surface area contributed by atoms with Gasteiger partial charge in [0.15, 0.2) is 0 Å². The number of benzene rings is 3. The number of esters is 1. The Morgan fingerprint density at radius 2 is 1.55 bits per heavy atom. The van der Waals surface area contributed by atoms with Gasteiger partial charge in [-0.15, -0.1) is 0 Å². The maximum Gasteiger partial charge on any atom is 0.337 e. The Labute approximate surface area is 128 Å². The summed E-state index contributed by atoms with van der Waals surface area (Å²) in [6.07, 6.45) is -0.726. The fourth-order valence-electron chi connectivity index (χ4n) is 2.49. The van der Waals surface area contributed by atoms with Crippen molar-refractivity contribution in [3.63, 3.8) is 0 Å². The first-order valence-corrected chi connectivity index (χ1v) is 7.04. The summed E-state index contributed by atoms with van der Waals surface area (Å²) in [4.78, 5) is 11.4. The lowest BCUT2D eigenvalue weighted by atomic mass is 9.98. The van der Waals surface area contributed by atoms with Crippen molar-refractivity contribution in [2.75, 3.05) is 7.11 Å². The van der Waals surface area contributed by atoms with Crippen molar-refractivity contribution in [3.8, 4) is 0 Å². The summed E-state index contributed by atoms with van der Waals surface area (Å²) in [5.41, 5.74) is 2.03. The molecule has 0 spiro atoms. The Bertz CT molecular complexity index is 806. The molecule has 0 saturated heterocycles. The summed E-state index contributed by atoms with van der Waals surface area (Å²) >= 11 is 0. The van der Waals surface area contributed by atoms with E-state index in [1.165, 1.54) is 7.11 Å². The van der Waals surface area contributed by atoms with E-state index in [1.54, 1.807) is 24.3 Å². The van der Waals surface area contributed by atoms with Crippen molar-refractivity contribution in [1.82, 2.24) is 0 Å². The topological polar surface area (TPSA) is 46.5 Å². The highest BCUT2D eigenvalue weighted by atomic mass is 16.5. The minimum Gasteiger partial charge on any atom is -0.465 e. The molecule has 0 radical (unpaired) electrons. The van der Waals surface area contributed by atoms with Crippen LogP contribution in [0.25, 0.3) is 10.8 Å². The van der Waals surface area contributed by atoms with E-state index in [-0.39, 0.29) is 5.97 Å². The van der Waals surface area contributed by atoms with Crippen LogP contribution >= 0.6 is 0 Å². The highest BCUT2D eigenvalue weighted by molar-refractivity contribution is 5.89. The molecular formula is C19H16O3. The zero-order valence-corrected chi connectivity index (χ0v) is 12.2. The van der Waals surface area contributed by atoms with E-state index in [0.29, 0.717) is 5.56 Å². The summed E-state index contributed by atoms with van der Waals surface area (Å²) in [6.45, 7) is 0. The van der Waals surface area contributed by atoms with Crippen molar-refractivity contribution in [2.45, 2.75) is 6.10 Å². The van der Waals surface area contributed by atoms with Crippen molar-refractivity contribution in [3.05, 3.63) is 83.4 Å². The van der Waals surface area contributed by atoms with Crippen LogP contribution in [-0.4, -0.2) is 18.2 Å². The number of aliphatic hydroxyl groups is 1. The van der Waals surface area contributed by atoms with E-state index in [1.807, 2.05) is 42.5 Å². The second kappa shape index (κ2) is 6.00. The lowest BCUT2D eigenvalue weighted by Crippen LogP contribution is -2.03. The van der Waals surface area contributed by atoms with E-state index < -0.39 is 6.10 Å². The minimum absolute atomic E-state index is 0.383. The maximum atomic E-state index is 11.4. The number of fused-ring (bicyclic) bond motifs is 1. The van der Waals surface area contributed by atoms with Crippen LogP contribution in [0, 0.1) is 0 Å². The highest BCUT2D eigenvalue weighted by Gasteiger charge is 2.12. The van der Waals surface area contributed by atoms with Crippen LogP contribution in [0.4, 0.5) is 0 Å². The lowest BCUT2D eigenvalue weighted by Gasteiger charge is -2.13. The van der Waals surface area contributed by atoms with Crippen molar-refractivity contribution in [1.29, 1.82) is 0 Å². The Hall–Kier alpha value is -2.65. The molecule has 1 atom stereocenters. The van der Waals surface area contributed by atoms with Crippen LogP contribution in [0.2, 0.25) is 0 Å². The third-order valence-corrected chi connectivity index (χ3v) is 3.74. The Morgan fingerprint density at radius 1 is 0.909 bits per heavy atom. The third-order valence-electron chi connectivity index (χ3n) is 3.74. The molecule has 3 aromatic carbocycles. The summed E-state index contributed by atoms with van der Waals surface area (Å²) < 4.78 is 4.67. The molecular weight excluding hydrogens is 276 g/mol. The molecule has 3 rings (SSSR count). The molecule has 22 heavy (non-hydrogen) atoms. The molecule has 3 heteroatoms. The zero-order valence-electron chi connectivity index (χ0n) is 12.2. The van der Waals surface area contributed by atoms with Gasteiger partial charge in [0, 0.05) is 0 Å². The van der Waals surface area contributed by atoms with E-state index in [4.69, 9.17) is 0 Å². The molecule has 1 unspecified atom stereocenters. The van der Waals surface area contributed by atoms with Gasteiger partial charge in [0.2, 0.25) is 0 Å². The van der Waals surface area contributed by atoms with Gasteiger partial charge in [0.25, 0.3) is 0 Å². The monoisotopic (exact) mass is 292 g/mol. The average molecular weight is 292 g/mol. The van der Waals surface area contributed by atoms with Crippen LogP contribution in [0.5, 0.6) is 0 Å². The van der Waals surface area contributed by atoms with Crippen LogP contribution in [0.3, 0.4) is 0 Å². The molecule has 0 aliphatic carbocycles. The van der Waals surface area contributed by atoms with Crippen molar-refractivity contribution < 1.29 is 14.6 Å². The van der Waals surface area contributed by atoms with Gasteiger partial charge >= 0.3 is 5.97 Å². The van der Waals surface area contributed by atoms with Crippen LogP contribution in [0.1, 0.15) is 27.6 Å². The van der Waals surface area contributed by atoms with Gasteiger partial charge in [-0.3, -0.25) is 0 Å². The molecule has 0 aromatic heterocycles. The van der Waals surface area contributed by atoms with Crippen molar-refractivity contribution >= 4 is 16.7 Å². The second-order valence-electron chi connectivity index (χ2n) is 5.12. The summed E-state index contributed by atoms with van der Waals surface area (Å²) in [5.74, 6) is -0.383. The van der Waals surface area contributed by atoms with Gasteiger partial charge in [0.1, 0.15) is 6.10 Å². The van der Waals surface area contributed by atoms with Gasteiger partial charge in [0.05, 0.1) is 12.7 Å². The zero-order chi connectivity index (χ0) is 15.5. The minimum atomic E-state index is -0.726. The molecule has 0 saturated carbocycles. The second-order valence-corrected chi connectivity index (χ2v) is 5.12. The first-order valence-electron chi connectivity index (χ1n) is 7.04. The standard InChI is InChI=1S/C19H16O3/c1-22-19(21)15-9-7-14(8-10-15)18(20)17-11-6-13-4-2-3-5-16(13)12-17/h2-12,18,20H,1H3. The Kier molecular flexibility index (Phi) is 3.90. The molecule has 0 aliphatic heterocycles.